The first-order chi connectivity index (χ1) is 8.70. The van der Waals surface area contributed by atoms with Gasteiger partial charge in [0.15, 0.2) is 0 Å². The molecule has 0 bridgehead atoms. The van der Waals surface area contributed by atoms with Gasteiger partial charge in [-0.05, 0) is 58.8 Å². The lowest BCUT2D eigenvalue weighted by atomic mass is 10.1. The summed E-state index contributed by atoms with van der Waals surface area (Å²) in [7, 11) is 0. The largest absolute Gasteiger partial charge is 0.456 e. The lowest BCUT2D eigenvalue weighted by Gasteiger charge is -2.10. The lowest BCUT2D eigenvalue weighted by molar-refractivity contribution is 0.173. The second kappa shape index (κ2) is 6.20. The van der Waals surface area contributed by atoms with Crippen LogP contribution in [0.1, 0.15) is 25.0 Å². The van der Waals surface area contributed by atoms with Crippen LogP contribution >= 0.6 is 22.6 Å². The summed E-state index contributed by atoms with van der Waals surface area (Å²) >= 11 is 2.25. The lowest BCUT2D eigenvalue weighted by Crippen LogP contribution is -1.94. The molecule has 2 aromatic carbocycles. The third-order valence-corrected chi connectivity index (χ3v) is 3.61. The Kier molecular flexibility index (Phi) is 4.60. The second-order valence-electron chi connectivity index (χ2n) is 4.03. The van der Waals surface area contributed by atoms with E-state index in [0.29, 0.717) is 0 Å². The van der Waals surface area contributed by atoms with Gasteiger partial charge in [0.2, 0.25) is 0 Å². The molecule has 1 N–H and O–H groups in total. The smallest absolute Gasteiger partial charge is 0.140 e. The summed E-state index contributed by atoms with van der Waals surface area (Å²) in [6, 6.07) is 15.5. The van der Waals surface area contributed by atoms with E-state index in [9.17, 15) is 5.11 Å². The third kappa shape index (κ3) is 3.23. The standard InChI is InChI=1S/C15H15IO2/c1-2-14(17)11-7-9-12(10-8-11)18-15-6-4-3-5-13(15)16/h3-10,14,17H,2H2,1H3/t14-/m1/s1. The Morgan fingerprint density at radius 3 is 2.39 bits per heavy atom. The molecule has 0 heterocycles. The van der Waals surface area contributed by atoms with Crippen molar-refractivity contribution in [3.8, 4) is 11.5 Å². The van der Waals surface area contributed by atoms with Crippen molar-refractivity contribution in [2.75, 3.05) is 0 Å². The fourth-order valence-electron chi connectivity index (χ4n) is 1.65. The topological polar surface area (TPSA) is 29.5 Å². The van der Waals surface area contributed by atoms with Gasteiger partial charge in [-0.25, -0.2) is 0 Å². The fraction of sp³-hybridized carbons (Fsp3) is 0.200. The zero-order chi connectivity index (χ0) is 13.0. The summed E-state index contributed by atoms with van der Waals surface area (Å²) in [4.78, 5) is 0. The molecular formula is C15H15IO2. The first-order valence-corrected chi connectivity index (χ1v) is 6.99. The number of halogens is 1. The van der Waals surface area contributed by atoms with Crippen LogP contribution in [0.25, 0.3) is 0 Å². The molecule has 0 aromatic heterocycles. The van der Waals surface area contributed by atoms with Crippen LogP contribution in [-0.2, 0) is 0 Å². The fourth-order valence-corrected chi connectivity index (χ4v) is 2.15. The first-order valence-electron chi connectivity index (χ1n) is 5.91. The number of benzene rings is 2. The molecule has 94 valence electrons. The number of aliphatic hydroxyl groups is 1. The van der Waals surface area contributed by atoms with Crippen LogP contribution in [0.5, 0.6) is 11.5 Å². The molecule has 2 aromatic rings. The maximum Gasteiger partial charge on any atom is 0.140 e. The Morgan fingerprint density at radius 2 is 1.78 bits per heavy atom. The van der Waals surface area contributed by atoms with Crippen LogP contribution in [0.2, 0.25) is 0 Å². The quantitative estimate of drug-likeness (QED) is 0.818. The molecule has 0 aliphatic rings. The molecule has 18 heavy (non-hydrogen) atoms. The van der Waals surface area contributed by atoms with Gasteiger partial charge < -0.3 is 9.84 Å². The van der Waals surface area contributed by atoms with Crippen molar-refractivity contribution in [2.45, 2.75) is 19.4 Å². The van der Waals surface area contributed by atoms with E-state index < -0.39 is 6.10 Å². The minimum Gasteiger partial charge on any atom is -0.456 e. The molecule has 2 nitrogen and oxygen atoms in total. The van der Waals surface area contributed by atoms with E-state index >= 15 is 0 Å². The van der Waals surface area contributed by atoms with Gasteiger partial charge in [-0.2, -0.15) is 0 Å². The Hall–Kier alpha value is -1.07. The van der Waals surface area contributed by atoms with Crippen LogP contribution in [0.15, 0.2) is 48.5 Å². The van der Waals surface area contributed by atoms with E-state index in [0.717, 1.165) is 27.1 Å². The summed E-state index contributed by atoms with van der Waals surface area (Å²) in [6.07, 6.45) is 0.326. The van der Waals surface area contributed by atoms with E-state index in [4.69, 9.17) is 4.74 Å². The molecule has 0 saturated heterocycles. The molecule has 0 unspecified atom stereocenters. The summed E-state index contributed by atoms with van der Waals surface area (Å²) in [5.41, 5.74) is 0.924. The third-order valence-electron chi connectivity index (χ3n) is 2.72. The van der Waals surface area contributed by atoms with Crippen LogP contribution in [0.4, 0.5) is 0 Å². The molecule has 0 radical (unpaired) electrons. The minimum absolute atomic E-state index is 0.393. The van der Waals surface area contributed by atoms with Crippen molar-refractivity contribution in [3.63, 3.8) is 0 Å². The average molecular weight is 354 g/mol. The molecule has 3 heteroatoms. The maximum absolute atomic E-state index is 9.71. The maximum atomic E-state index is 9.71. The molecule has 0 aliphatic carbocycles. The number of rotatable bonds is 4. The predicted molar refractivity (Wildman–Crippen MR) is 80.9 cm³/mol. The Labute approximate surface area is 121 Å². The highest BCUT2D eigenvalue weighted by Gasteiger charge is 2.05. The number of hydrogen-bond donors (Lipinski definition) is 1. The second-order valence-corrected chi connectivity index (χ2v) is 5.19. The minimum atomic E-state index is -0.393. The van der Waals surface area contributed by atoms with Crippen LogP contribution < -0.4 is 4.74 Å². The number of aliphatic hydroxyl groups excluding tert-OH is 1. The number of para-hydroxylation sites is 1. The summed E-state index contributed by atoms with van der Waals surface area (Å²) < 4.78 is 6.87. The van der Waals surface area contributed by atoms with Crippen LogP contribution in [0, 0.1) is 3.57 Å². The number of ether oxygens (including phenoxy) is 1. The molecule has 0 aliphatic heterocycles. The first kappa shape index (κ1) is 13.4. The Bertz CT molecular complexity index is 508. The van der Waals surface area contributed by atoms with Gasteiger partial charge in [-0.15, -0.1) is 0 Å². The van der Waals surface area contributed by atoms with E-state index in [-0.39, 0.29) is 0 Å². The van der Waals surface area contributed by atoms with Gasteiger partial charge in [-0.3, -0.25) is 0 Å². The Morgan fingerprint density at radius 1 is 1.11 bits per heavy atom. The van der Waals surface area contributed by atoms with Gasteiger partial charge >= 0.3 is 0 Å². The molecule has 0 amide bonds. The normalized spacial score (nSPS) is 12.2. The molecule has 0 fully saturated rings. The molecule has 0 spiro atoms. The Balaban J connectivity index is 2.14. The van der Waals surface area contributed by atoms with Gasteiger partial charge in [0, 0.05) is 0 Å². The summed E-state index contributed by atoms with van der Waals surface area (Å²) in [6.45, 7) is 1.96. The van der Waals surface area contributed by atoms with E-state index in [2.05, 4.69) is 22.6 Å². The van der Waals surface area contributed by atoms with Gasteiger partial charge in [-0.1, -0.05) is 31.2 Å². The monoisotopic (exact) mass is 354 g/mol. The van der Waals surface area contributed by atoms with E-state index in [1.165, 1.54) is 0 Å². The molecular weight excluding hydrogens is 339 g/mol. The van der Waals surface area contributed by atoms with Crippen LogP contribution in [0.3, 0.4) is 0 Å². The molecule has 2 rings (SSSR count). The van der Waals surface area contributed by atoms with Crippen molar-refractivity contribution in [3.05, 3.63) is 57.7 Å². The van der Waals surface area contributed by atoms with Crippen molar-refractivity contribution in [2.24, 2.45) is 0 Å². The highest BCUT2D eigenvalue weighted by molar-refractivity contribution is 14.1. The zero-order valence-electron chi connectivity index (χ0n) is 10.1. The number of hydrogen-bond acceptors (Lipinski definition) is 2. The van der Waals surface area contributed by atoms with E-state index in [1.54, 1.807) is 0 Å². The van der Waals surface area contributed by atoms with Gasteiger partial charge in [0.25, 0.3) is 0 Å². The van der Waals surface area contributed by atoms with Crippen molar-refractivity contribution >= 4 is 22.6 Å². The van der Waals surface area contributed by atoms with Gasteiger partial charge in [0.1, 0.15) is 11.5 Å². The van der Waals surface area contributed by atoms with Crippen molar-refractivity contribution in [1.29, 1.82) is 0 Å². The highest BCUT2D eigenvalue weighted by atomic mass is 127. The highest BCUT2D eigenvalue weighted by Crippen LogP contribution is 2.27. The van der Waals surface area contributed by atoms with Gasteiger partial charge in [0.05, 0.1) is 9.67 Å². The van der Waals surface area contributed by atoms with E-state index in [1.807, 2.05) is 55.5 Å². The SMILES string of the molecule is CC[C@@H](O)c1ccc(Oc2ccccc2I)cc1. The average Bonchev–Trinajstić information content (AvgIpc) is 2.41. The van der Waals surface area contributed by atoms with Crippen molar-refractivity contribution in [1.82, 2.24) is 0 Å². The molecule has 0 saturated carbocycles. The molecule has 1 atom stereocenters. The summed E-state index contributed by atoms with van der Waals surface area (Å²) in [5, 5.41) is 9.71. The van der Waals surface area contributed by atoms with Crippen molar-refractivity contribution < 1.29 is 9.84 Å². The van der Waals surface area contributed by atoms with Crippen LogP contribution in [-0.4, -0.2) is 5.11 Å². The zero-order valence-corrected chi connectivity index (χ0v) is 12.3. The summed E-state index contributed by atoms with van der Waals surface area (Å²) in [5.74, 6) is 1.63. The predicted octanol–water partition coefficient (Wildman–Crippen LogP) is 4.53.